The molecule has 5 heteroatoms. The van der Waals surface area contributed by atoms with Gasteiger partial charge in [0.15, 0.2) is 0 Å². The Hall–Kier alpha value is -1.88. The van der Waals surface area contributed by atoms with E-state index < -0.39 is 0 Å². The van der Waals surface area contributed by atoms with Gasteiger partial charge in [0.05, 0.1) is 6.61 Å². The maximum Gasteiger partial charge on any atom is 0.318 e. The molecule has 2 aromatic rings. The van der Waals surface area contributed by atoms with Crippen LogP contribution in [0.4, 0.5) is 6.01 Å². The van der Waals surface area contributed by atoms with Crippen molar-refractivity contribution >= 4 is 6.01 Å². The highest BCUT2D eigenvalue weighted by molar-refractivity contribution is 5.25. The highest BCUT2D eigenvalue weighted by Crippen LogP contribution is 2.18. The van der Waals surface area contributed by atoms with Crippen LogP contribution in [0.25, 0.3) is 0 Å². The van der Waals surface area contributed by atoms with Gasteiger partial charge in [0, 0.05) is 13.1 Å². The van der Waals surface area contributed by atoms with Gasteiger partial charge in [-0.15, -0.1) is 5.10 Å². The minimum Gasteiger partial charge on any atom is -0.405 e. The summed E-state index contributed by atoms with van der Waals surface area (Å²) in [6, 6.07) is 10.7. The number of benzene rings is 1. The fraction of sp³-hybridized carbons (Fsp3) is 0.429. The molecule has 1 aliphatic heterocycles. The van der Waals surface area contributed by atoms with E-state index >= 15 is 0 Å². The third-order valence-corrected chi connectivity index (χ3v) is 3.17. The summed E-state index contributed by atoms with van der Waals surface area (Å²) in [6.07, 6.45) is 2.39. The zero-order valence-corrected chi connectivity index (χ0v) is 10.8. The molecule has 1 aromatic heterocycles. The molecule has 0 spiro atoms. The molecule has 0 saturated carbocycles. The minimum absolute atomic E-state index is 0.357. The van der Waals surface area contributed by atoms with Crippen molar-refractivity contribution < 1.29 is 9.15 Å². The van der Waals surface area contributed by atoms with E-state index in [1.807, 2.05) is 30.3 Å². The van der Waals surface area contributed by atoms with E-state index in [1.54, 1.807) is 0 Å². The van der Waals surface area contributed by atoms with Crippen LogP contribution in [0, 0.1) is 0 Å². The topological polar surface area (TPSA) is 51.4 Å². The number of rotatable bonds is 5. The monoisotopic (exact) mass is 259 g/mol. The Morgan fingerprint density at radius 1 is 1.05 bits per heavy atom. The number of hydrogen-bond donors (Lipinski definition) is 0. The second-order valence-electron chi connectivity index (χ2n) is 4.65. The van der Waals surface area contributed by atoms with E-state index in [0.717, 1.165) is 18.7 Å². The molecular formula is C14H17N3O2. The van der Waals surface area contributed by atoms with Gasteiger partial charge in [0.2, 0.25) is 5.89 Å². The zero-order valence-electron chi connectivity index (χ0n) is 10.8. The van der Waals surface area contributed by atoms with E-state index in [2.05, 4.69) is 15.1 Å². The molecule has 19 heavy (non-hydrogen) atoms. The average molecular weight is 259 g/mol. The zero-order chi connectivity index (χ0) is 12.9. The van der Waals surface area contributed by atoms with Crippen molar-refractivity contribution in [2.75, 3.05) is 18.0 Å². The lowest BCUT2D eigenvalue weighted by Gasteiger charge is -2.09. The highest BCUT2D eigenvalue weighted by atomic mass is 16.5. The van der Waals surface area contributed by atoms with E-state index in [4.69, 9.17) is 9.15 Å². The summed E-state index contributed by atoms with van der Waals surface area (Å²) in [5.74, 6) is 0.540. The van der Waals surface area contributed by atoms with Gasteiger partial charge >= 0.3 is 6.01 Å². The molecule has 1 aromatic carbocycles. The van der Waals surface area contributed by atoms with E-state index in [0.29, 0.717) is 25.1 Å². The number of hydrogen-bond acceptors (Lipinski definition) is 5. The van der Waals surface area contributed by atoms with Crippen LogP contribution in [0.15, 0.2) is 34.7 Å². The first kappa shape index (κ1) is 12.2. The van der Waals surface area contributed by atoms with Gasteiger partial charge in [-0.25, -0.2) is 0 Å². The Labute approximate surface area is 112 Å². The maximum atomic E-state index is 5.58. The van der Waals surface area contributed by atoms with Crippen LogP contribution in [-0.4, -0.2) is 23.3 Å². The first-order valence-corrected chi connectivity index (χ1v) is 6.61. The van der Waals surface area contributed by atoms with Crippen molar-refractivity contribution in [3.05, 3.63) is 41.8 Å². The third-order valence-electron chi connectivity index (χ3n) is 3.17. The molecule has 0 amide bonds. The van der Waals surface area contributed by atoms with Crippen molar-refractivity contribution in [3.8, 4) is 0 Å². The van der Waals surface area contributed by atoms with E-state index in [9.17, 15) is 0 Å². The van der Waals surface area contributed by atoms with E-state index in [-0.39, 0.29) is 0 Å². The van der Waals surface area contributed by atoms with Gasteiger partial charge < -0.3 is 14.1 Å². The molecule has 0 atom stereocenters. The Morgan fingerprint density at radius 3 is 2.63 bits per heavy atom. The second-order valence-corrected chi connectivity index (χ2v) is 4.65. The lowest BCUT2D eigenvalue weighted by atomic mass is 10.2. The van der Waals surface area contributed by atoms with Crippen molar-refractivity contribution in [2.24, 2.45) is 0 Å². The van der Waals surface area contributed by atoms with Gasteiger partial charge in [-0.3, -0.25) is 0 Å². The second kappa shape index (κ2) is 5.84. The van der Waals surface area contributed by atoms with Gasteiger partial charge in [-0.2, -0.15) is 0 Å². The molecule has 100 valence electrons. The largest absolute Gasteiger partial charge is 0.405 e. The minimum atomic E-state index is 0.357. The van der Waals surface area contributed by atoms with Crippen LogP contribution in [0.1, 0.15) is 24.3 Å². The van der Waals surface area contributed by atoms with E-state index in [1.165, 1.54) is 12.8 Å². The normalized spacial score (nSPS) is 15.1. The summed E-state index contributed by atoms with van der Waals surface area (Å²) in [5, 5.41) is 8.06. The predicted octanol–water partition coefficient (Wildman–Crippen LogP) is 2.39. The van der Waals surface area contributed by atoms with Crippen molar-refractivity contribution in [1.82, 2.24) is 10.2 Å². The quantitative estimate of drug-likeness (QED) is 0.825. The summed E-state index contributed by atoms with van der Waals surface area (Å²) in [6.45, 7) is 2.93. The van der Waals surface area contributed by atoms with Gasteiger partial charge in [0.25, 0.3) is 0 Å². The average Bonchev–Trinajstić information content (AvgIpc) is 3.10. The summed E-state index contributed by atoms with van der Waals surface area (Å²) < 4.78 is 11.2. The van der Waals surface area contributed by atoms with Crippen LogP contribution < -0.4 is 4.90 Å². The standard InChI is InChI=1S/C14H17N3O2/c1-2-6-12(7-3-1)10-18-11-13-15-16-14(19-13)17-8-4-5-9-17/h1-3,6-7H,4-5,8-11H2. The van der Waals surface area contributed by atoms with Crippen molar-refractivity contribution in [2.45, 2.75) is 26.1 Å². The summed E-state index contributed by atoms with van der Waals surface area (Å²) >= 11 is 0. The number of anilines is 1. The Kier molecular flexibility index (Phi) is 3.74. The molecule has 1 fully saturated rings. The molecule has 0 radical (unpaired) electrons. The smallest absolute Gasteiger partial charge is 0.318 e. The Morgan fingerprint density at radius 2 is 1.84 bits per heavy atom. The first-order valence-electron chi connectivity index (χ1n) is 6.61. The highest BCUT2D eigenvalue weighted by Gasteiger charge is 2.18. The fourth-order valence-electron chi connectivity index (χ4n) is 2.17. The number of nitrogens with zero attached hydrogens (tertiary/aromatic N) is 3. The van der Waals surface area contributed by atoms with Crippen LogP contribution in [0.3, 0.4) is 0 Å². The molecule has 0 N–H and O–H groups in total. The molecule has 1 saturated heterocycles. The van der Waals surface area contributed by atoms with Crippen LogP contribution in [0.2, 0.25) is 0 Å². The van der Waals surface area contributed by atoms with Crippen molar-refractivity contribution in [1.29, 1.82) is 0 Å². The molecule has 0 unspecified atom stereocenters. The molecule has 0 bridgehead atoms. The van der Waals surface area contributed by atoms with Gasteiger partial charge in [0.1, 0.15) is 6.61 Å². The third kappa shape index (κ3) is 3.12. The molecule has 5 nitrogen and oxygen atoms in total. The summed E-state index contributed by atoms with van der Waals surface area (Å²) in [5.41, 5.74) is 1.14. The summed E-state index contributed by atoms with van der Waals surface area (Å²) in [4.78, 5) is 2.12. The predicted molar refractivity (Wildman–Crippen MR) is 70.7 cm³/mol. The molecule has 3 rings (SSSR count). The lowest BCUT2D eigenvalue weighted by molar-refractivity contribution is 0.0897. The number of aromatic nitrogens is 2. The van der Waals surface area contributed by atoms with Crippen molar-refractivity contribution in [3.63, 3.8) is 0 Å². The van der Waals surface area contributed by atoms with Gasteiger partial charge in [-0.1, -0.05) is 35.4 Å². The molecular weight excluding hydrogens is 242 g/mol. The lowest BCUT2D eigenvalue weighted by Crippen LogP contribution is -2.17. The van der Waals surface area contributed by atoms with Gasteiger partial charge in [-0.05, 0) is 18.4 Å². The maximum absolute atomic E-state index is 5.58. The van der Waals surface area contributed by atoms with Crippen LogP contribution in [-0.2, 0) is 18.0 Å². The Bertz CT molecular complexity index is 506. The molecule has 2 heterocycles. The SMILES string of the molecule is c1ccc(COCc2nnc(N3CCCC3)o2)cc1. The summed E-state index contributed by atoms with van der Waals surface area (Å²) in [7, 11) is 0. The van der Waals surface area contributed by atoms with Crippen LogP contribution >= 0.6 is 0 Å². The molecule has 1 aliphatic rings. The fourth-order valence-corrected chi connectivity index (χ4v) is 2.17. The molecule has 0 aliphatic carbocycles. The first-order chi connectivity index (χ1) is 9.42. The number of ether oxygens (including phenoxy) is 1. The Balaban J connectivity index is 1.50. The van der Waals surface area contributed by atoms with Crippen LogP contribution in [0.5, 0.6) is 0 Å².